The third-order valence-corrected chi connectivity index (χ3v) is 2.93. The van der Waals surface area contributed by atoms with E-state index in [0.29, 0.717) is 5.56 Å². The lowest BCUT2D eigenvalue weighted by atomic mass is 10.1. The Balaban J connectivity index is 2.41. The number of carbonyl (C=O) groups is 2. The molecule has 0 saturated carbocycles. The molecule has 0 aliphatic carbocycles. The number of carboxylic acid groups (broad SMARTS) is 1. The molecule has 0 bridgehead atoms. The zero-order valence-corrected chi connectivity index (χ0v) is 12.0. The van der Waals surface area contributed by atoms with Crippen molar-refractivity contribution in [1.29, 1.82) is 0 Å². The van der Waals surface area contributed by atoms with Crippen molar-refractivity contribution < 1.29 is 28.9 Å². The first-order valence-corrected chi connectivity index (χ1v) is 6.34. The van der Waals surface area contributed by atoms with E-state index in [9.17, 15) is 14.7 Å². The van der Waals surface area contributed by atoms with Crippen molar-refractivity contribution in [2.75, 3.05) is 14.2 Å². The van der Waals surface area contributed by atoms with Crippen LogP contribution >= 0.6 is 0 Å². The van der Waals surface area contributed by atoms with Crippen molar-refractivity contribution in [3.63, 3.8) is 0 Å². The van der Waals surface area contributed by atoms with Gasteiger partial charge in [-0.2, -0.15) is 0 Å². The summed E-state index contributed by atoms with van der Waals surface area (Å²) >= 11 is 0. The van der Waals surface area contributed by atoms with Gasteiger partial charge in [-0.15, -0.1) is 0 Å². The van der Waals surface area contributed by atoms with Crippen LogP contribution in [0.4, 0.5) is 0 Å². The molecule has 0 atom stereocenters. The van der Waals surface area contributed by atoms with Gasteiger partial charge in [-0.1, -0.05) is 18.2 Å². The molecule has 0 aliphatic rings. The summed E-state index contributed by atoms with van der Waals surface area (Å²) in [6.45, 7) is 0. The molecule has 0 radical (unpaired) electrons. The van der Waals surface area contributed by atoms with Crippen LogP contribution in [-0.4, -0.2) is 31.3 Å². The van der Waals surface area contributed by atoms with Crippen LogP contribution < -0.4 is 14.2 Å². The first-order valence-electron chi connectivity index (χ1n) is 6.34. The molecule has 2 aromatic rings. The molecule has 0 amide bonds. The van der Waals surface area contributed by atoms with Crippen LogP contribution in [0, 0.1) is 0 Å². The van der Waals surface area contributed by atoms with E-state index in [-0.39, 0.29) is 22.8 Å². The van der Waals surface area contributed by atoms with Crippen molar-refractivity contribution in [3.8, 4) is 17.2 Å². The Morgan fingerprint density at radius 3 is 2.09 bits per heavy atom. The molecule has 6 nitrogen and oxygen atoms in total. The Morgan fingerprint density at radius 1 is 0.909 bits per heavy atom. The smallest absolute Gasteiger partial charge is 0.343 e. The van der Waals surface area contributed by atoms with Gasteiger partial charge in [-0.3, -0.25) is 0 Å². The van der Waals surface area contributed by atoms with E-state index in [1.807, 2.05) is 0 Å². The maximum atomic E-state index is 12.1. The van der Waals surface area contributed by atoms with Crippen LogP contribution in [-0.2, 0) is 0 Å². The lowest BCUT2D eigenvalue weighted by molar-refractivity contribution is 0.0676. The summed E-state index contributed by atoms with van der Waals surface area (Å²) in [5, 5.41) is 9.28. The number of aromatic carboxylic acids is 1. The third kappa shape index (κ3) is 3.01. The van der Waals surface area contributed by atoms with Gasteiger partial charge in [0, 0.05) is 0 Å². The monoisotopic (exact) mass is 302 g/mol. The van der Waals surface area contributed by atoms with Crippen molar-refractivity contribution in [2.24, 2.45) is 0 Å². The van der Waals surface area contributed by atoms with E-state index in [0.717, 1.165) is 0 Å². The maximum absolute atomic E-state index is 12.1. The Bertz CT molecular complexity index is 693. The molecule has 114 valence electrons. The van der Waals surface area contributed by atoms with Crippen LogP contribution in [0.5, 0.6) is 17.2 Å². The number of carbonyl (C=O) groups excluding carboxylic acids is 1. The quantitative estimate of drug-likeness (QED) is 0.675. The minimum Gasteiger partial charge on any atom is -0.496 e. The highest BCUT2D eigenvalue weighted by Gasteiger charge is 2.23. The number of hydrogen-bond donors (Lipinski definition) is 1. The van der Waals surface area contributed by atoms with Crippen molar-refractivity contribution in [1.82, 2.24) is 0 Å². The molecule has 0 fully saturated rings. The zero-order valence-electron chi connectivity index (χ0n) is 12.0. The van der Waals surface area contributed by atoms with Gasteiger partial charge in [0.1, 0.15) is 11.3 Å². The summed E-state index contributed by atoms with van der Waals surface area (Å²) in [5.74, 6) is -1.80. The lowest BCUT2D eigenvalue weighted by Crippen LogP contribution is -2.11. The normalized spacial score (nSPS) is 9.91. The molecular formula is C16H14O6. The number of rotatable bonds is 5. The molecule has 22 heavy (non-hydrogen) atoms. The summed E-state index contributed by atoms with van der Waals surface area (Å²) in [6, 6.07) is 11.2. The van der Waals surface area contributed by atoms with E-state index in [1.165, 1.54) is 26.4 Å². The second-order valence-corrected chi connectivity index (χ2v) is 4.23. The number of benzene rings is 2. The second kappa shape index (κ2) is 6.62. The van der Waals surface area contributed by atoms with Crippen LogP contribution in [0.15, 0.2) is 42.5 Å². The van der Waals surface area contributed by atoms with Crippen LogP contribution in [0.1, 0.15) is 20.7 Å². The molecule has 0 unspecified atom stereocenters. The zero-order chi connectivity index (χ0) is 16.1. The Morgan fingerprint density at radius 2 is 1.55 bits per heavy atom. The highest BCUT2D eigenvalue weighted by atomic mass is 16.6. The average Bonchev–Trinajstić information content (AvgIpc) is 2.54. The predicted octanol–water partition coefficient (Wildman–Crippen LogP) is 2.62. The number of esters is 1. The van der Waals surface area contributed by atoms with E-state index in [1.54, 1.807) is 30.3 Å². The van der Waals surface area contributed by atoms with Gasteiger partial charge in [0.25, 0.3) is 0 Å². The van der Waals surface area contributed by atoms with Crippen LogP contribution in [0.2, 0.25) is 0 Å². The maximum Gasteiger partial charge on any atom is 0.343 e. The standard InChI is InChI=1S/C16H14O6/c1-20-11-8-9-12(14(21-2)13(11)15(17)18)22-16(19)10-6-4-3-5-7-10/h3-9H,1-2H3,(H,17,18). The second-order valence-electron chi connectivity index (χ2n) is 4.23. The molecule has 0 spiro atoms. The van der Waals surface area contributed by atoms with Gasteiger partial charge in [0.15, 0.2) is 11.5 Å². The summed E-state index contributed by atoms with van der Waals surface area (Å²) < 4.78 is 15.3. The summed E-state index contributed by atoms with van der Waals surface area (Å²) in [5.41, 5.74) is 0.139. The van der Waals surface area contributed by atoms with Crippen LogP contribution in [0.25, 0.3) is 0 Å². The molecule has 0 heterocycles. The van der Waals surface area contributed by atoms with E-state index in [4.69, 9.17) is 14.2 Å². The van der Waals surface area contributed by atoms with Crippen molar-refractivity contribution in [3.05, 3.63) is 53.6 Å². The number of methoxy groups -OCH3 is 2. The SMILES string of the molecule is COc1ccc(OC(=O)c2ccccc2)c(OC)c1C(=O)O. The minimum atomic E-state index is -1.24. The Labute approximate surface area is 126 Å². The fourth-order valence-corrected chi connectivity index (χ4v) is 1.93. The minimum absolute atomic E-state index is 0.00885. The summed E-state index contributed by atoms with van der Waals surface area (Å²) in [4.78, 5) is 23.4. The predicted molar refractivity (Wildman–Crippen MR) is 77.9 cm³/mol. The summed E-state index contributed by atoms with van der Waals surface area (Å²) in [7, 11) is 2.64. The number of ether oxygens (including phenoxy) is 3. The van der Waals surface area contributed by atoms with Gasteiger partial charge in [0.05, 0.1) is 19.8 Å². The molecule has 1 N–H and O–H groups in total. The molecule has 0 aliphatic heterocycles. The van der Waals surface area contributed by atoms with E-state index in [2.05, 4.69) is 0 Å². The van der Waals surface area contributed by atoms with Gasteiger partial charge in [0.2, 0.25) is 0 Å². The summed E-state index contributed by atoms with van der Waals surface area (Å²) in [6.07, 6.45) is 0. The molecule has 0 aromatic heterocycles. The van der Waals surface area contributed by atoms with Crippen molar-refractivity contribution >= 4 is 11.9 Å². The molecule has 6 heteroatoms. The molecule has 0 saturated heterocycles. The van der Waals surface area contributed by atoms with Gasteiger partial charge < -0.3 is 19.3 Å². The highest BCUT2D eigenvalue weighted by molar-refractivity contribution is 5.97. The number of hydrogen-bond acceptors (Lipinski definition) is 5. The van der Waals surface area contributed by atoms with E-state index >= 15 is 0 Å². The third-order valence-electron chi connectivity index (χ3n) is 2.93. The fraction of sp³-hybridized carbons (Fsp3) is 0.125. The van der Waals surface area contributed by atoms with Crippen molar-refractivity contribution in [2.45, 2.75) is 0 Å². The van der Waals surface area contributed by atoms with Gasteiger partial charge in [-0.05, 0) is 24.3 Å². The molecule has 2 rings (SSSR count). The highest BCUT2D eigenvalue weighted by Crippen LogP contribution is 2.37. The Kier molecular flexibility index (Phi) is 4.63. The molecule has 2 aromatic carbocycles. The number of carboxylic acids is 1. The van der Waals surface area contributed by atoms with Gasteiger partial charge in [-0.25, -0.2) is 9.59 Å². The largest absolute Gasteiger partial charge is 0.496 e. The lowest BCUT2D eigenvalue weighted by Gasteiger charge is -2.14. The van der Waals surface area contributed by atoms with Gasteiger partial charge >= 0.3 is 11.9 Å². The topological polar surface area (TPSA) is 82.1 Å². The fourth-order valence-electron chi connectivity index (χ4n) is 1.93. The average molecular weight is 302 g/mol. The first-order chi connectivity index (χ1) is 10.6. The van der Waals surface area contributed by atoms with Crippen LogP contribution in [0.3, 0.4) is 0 Å². The first kappa shape index (κ1) is 15.4. The Hall–Kier alpha value is -3.02. The van der Waals surface area contributed by atoms with E-state index < -0.39 is 11.9 Å². The molecular weight excluding hydrogens is 288 g/mol.